The number of amides is 2. The van der Waals surface area contributed by atoms with Gasteiger partial charge in [0.2, 0.25) is 0 Å². The fraction of sp³-hybridized carbons (Fsp3) is 0.0909. The van der Waals surface area contributed by atoms with Gasteiger partial charge in [0.15, 0.2) is 6.10 Å². The summed E-state index contributed by atoms with van der Waals surface area (Å²) in [4.78, 5) is 24.7. The predicted octanol–water partition coefficient (Wildman–Crippen LogP) is 6.31. The van der Waals surface area contributed by atoms with Crippen LogP contribution in [0.1, 0.15) is 17.3 Å². The van der Waals surface area contributed by atoms with Crippen LogP contribution in [0.4, 0.5) is 11.4 Å². The van der Waals surface area contributed by atoms with Gasteiger partial charge in [0.25, 0.3) is 11.8 Å². The van der Waals surface area contributed by atoms with Crippen LogP contribution in [0.3, 0.4) is 0 Å². The van der Waals surface area contributed by atoms with Crippen LogP contribution >= 0.6 is 34.8 Å². The minimum Gasteiger partial charge on any atom is -0.479 e. The molecular weight excluding hydrogens is 447 g/mol. The molecule has 0 saturated heterocycles. The Balaban J connectivity index is 1.59. The minimum atomic E-state index is -0.753. The van der Waals surface area contributed by atoms with E-state index in [-0.39, 0.29) is 16.8 Å². The first kappa shape index (κ1) is 22.0. The van der Waals surface area contributed by atoms with Gasteiger partial charge in [-0.2, -0.15) is 0 Å². The summed E-state index contributed by atoms with van der Waals surface area (Å²) in [5.41, 5.74) is 1.41. The van der Waals surface area contributed by atoms with Crippen LogP contribution in [0.15, 0.2) is 66.7 Å². The lowest BCUT2D eigenvalue weighted by atomic mass is 10.2. The third-order valence-corrected chi connectivity index (χ3v) is 4.96. The van der Waals surface area contributed by atoms with Crippen molar-refractivity contribution in [2.24, 2.45) is 0 Å². The molecule has 1 unspecified atom stereocenters. The maximum absolute atomic E-state index is 12.4. The van der Waals surface area contributed by atoms with Gasteiger partial charge in [0, 0.05) is 16.4 Å². The Morgan fingerprint density at radius 2 is 1.47 bits per heavy atom. The Hall–Kier alpha value is -2.73. The summed E-state index contributed by atoms with van der Waals surface area (Å²) >= 11 is 18.0. The molecular formula is C22H17Cl3N2O3. The fourth-order valence-corrected chi connectivity index (χ4v) is 3.21. The van der Waals surface area contributed by atoms with Gasteiger partial charge in [0.05, 0.1) is 15.6 Å². The maximum Gasteiger partial charge on any atom is 0.265 e. The van der Waals surface area contributed by atoms with E-state index in [0.29, 0.717) is 32.7 Å². The summed E-state index contributed by atoms with van der Waals surface area (Å²) in [5.74, 6) is -0.268. The van der Waals surface area contributed by atoms with E-state index in [9.17, 15) is 9.59 Å². The molecule has 0 aliphatic rings. The number of carbonyl (C=O) groups excluding carboxylic acids is 2. The quantitative estimate of drug-likeness (QED) is 0.450. The normalized spacial score (nSPS) is 11.5. The van der Waals surface area contributed by atoms with Gasteiger partial charge in [0.1, 0.15) is 5.75 Å². The van der Waals surface area contributed by atoms with Crippen molar-refractivity contribution in [2.45, 2.75) is 13.0 Å². The summed E-state index contributed by atoms with van der Waals surface area (Å²) in [6.45, 7) is 1.63. The zero-order valence-corrected chi connectivity index (χ0v) is 18.1. The number of rotatable bonds is 6. The zero-order chi connectivity index (χ0) is 21.7. The molecule has 0 bridgehead atoms. The standard InChI is InChI=1S/C22H17Cl3N2O3/c1-13(30-20-5-3-2-4-18(20)24)21(28)26-15-7-9-16(10-8-15)27-22(29)17-11-6-14(23)12-19(17)25/h2-13H,1H3,(H,26,28)(H,27,29). The van der Waals surface area contributed by atoms with E-state index in [1.807, 2.05) is 0 Å². The van der Waals surface area contributed by atoms with Gasteiger partial charge >= 0.3 is 0 Å². The molecule has 0 aliphatic heterocycles. The molecule has 8 heteroatoms. The molecule has 2 amide bonds. The predicted molar refractivity (Wildman–Crippen MR) is 121 cm³/mol. The Bertz CT molecular complexity index is 1070. The number of anilines is 2. The molecule has 3 rings (SSSR count). The van der Waals surface area contributed by atoms with Crippen molar-refractivity contribution in [3.8, 4) is 5.75 Å². The monoisotopic (exact) mass is 462 g/mol. The second-order valence-corrected chi connectivity index (χ2v) is 7.59. The summed E-state index contributed by atoms with van der Waals surface area (Å²) in [5, 5.41) is 6.63. The van der Waals surface area contributed by atoms with E-state index in [4.69, 9.17) is 39.5 Å². The first-order valence-electron chi connectivity index (χ1n) is 8.92. The van der Waals surface area contributed by atoms with E-state index in [1.165, 1.54) is 6.07 Å². The van der Waals surface area contributed by atoms with Crippen LogP contribution in [0.2, 0.25) is 15.1 Å². The maximum atomic E-state index is 12.4. The summed E-state index contributed by atoms with van der Waals surface area (Å²) < 4.78 is 5.60. The van der Waals surface area contributed by atoms with Gasteiger partial charge in [-0.3, -0.25) is 9.59 Å². The van der Waals surface area contributed by atoms with Crippen LogP contribution in [-0.2, 0) is 4.79 Å². The first-order chi connectivity index (χ1) is 14.3. The van der Waals surface area contributed by atoms with E-state index in [1.54, 1.807) is 67.6 Å². The lowest BCUT2D eigenvalue weighted by molar-refractivity contribution is -0.122. The topological polar surface area (TPSA) is 67.4 Å². The lowest BCUT2D eigenvalue weighted by Gasteiger charge is -2.16. The number of carbonyl (C=O) groups is 2. The average molecular weight is 464 g/mol. The average Bonchev–Trinajstić information content (AvgIpc) is 2.71. The largest absolute Gasteiger partial charge is 0.479 e. The molecule has 0 spiro atoms. The summed E-state index contributed by atoms with van der Waals surface area (Å²) in [6.07, 6.45) is -0.753. The molecule has 0 aliphatic carbocycles. The number of hydrogen-bond donors (Lipinski definition) is 2. The second-order valence-electron chi connectivity index (χ2n) is 6.34. The molecule has 0 heterocycles. The molecule has 5 nitrogen and oxygen atoms in total. The molecule has 0 saturated carbocycles. The van der Waals surface area contributed by atoms with Crippen molar-refractivity contribution in [3.05, 3.63) is 87.4 Å². The molecule has 2 N–H and O–H groups in total. The summed E-state index contributed by atoms with van der Waals surface area (Å²) in [7, 11) is 0. The number of halogens is 3. The van der Waals surface area contributed by atoms with Crippen LogP contribution in [0.5, 0.6) is 5.75 Å². The van der Waals surface area contributed by atoms with Gasteiger partial charge < -0.3 is 15.4 Å². The Morgan fingerprint density at radius 1 is 0.833 bits per heavy atom. The highest BCUT2D eigenvalue weighted by atomic mass is 35.5. The number of nitrogens with one attached hydrogen (secondary N) is 2. The van der Waals surface area contributed by atoms with Crippen molar-refractivity contribution < 1.29 is 14.3 Å². The molecule has 1 atom stereocenters. The highest BCUT2D eigenvalue weighted by molar-refractivity contribution is 6.37. The van der Waals surface area contributed by atoms with E-state index in [0.717, 1.165) is 0 Å². The highest BCUT2D eigenvalue weighted by Gasteiger charge is 2.16. The van der Waals surface area contributed by atoms with Gasteiger partial charge in [-0.1, -0.05) is 46.9 Å². The number of ether oxygens (including phenoxy) is 1. The van der Waals surface area contributed by atoms with Crippen LogP contribution in [0.25, 0.3) is 0 Å². The van der Waals surface area contributed by atoms with Gasteiger partial charge in [-0.25, -0.2) is 0 Å². The van der Waals surface area contributed by atoms with Crippen LogP contribution in [-0.4, -0.2) is 17.9 Å². The molecule has 0 fully saturated rings. The Kier molecular flexibility index (Phi) is 7.21. The highest BCUT2D eigenvalue weighted by Crippen LogP contribution is 2.25. The summed E-state index contributed by atoms with van der Waals surface area (Å²) in [6, 6.07) is 18.2. The van der Waals surface area contributed by atoms with Crippen molar-refractivity contribution in [3.63, 3.8) is 0 Å². The van der Waals surface area contributed by atoms with Crippen molar-refractivity contribution in [2.75, 3.05) is 10.6 Å². The van der Waals surface area contributed by atoms with Crippen molar-refractivity contribution in [1.82, 2.24) is 0 Å². The molecule has 3 aromatic carbocycles. The van der Waals surface area contributed by atoms with Crippen molar-refractivity contribution in [1.29, 1.82) is 0 Å². The van der Waals surface area contributed by atoms with E-state index in [2.05, 4.69) is 10.6 Å². The number of benzene rings is 3. The fourth-order valence-electron chi connectivity index (χ4n) is 2.54. The van der Waals surface area contributed by atoms with Crippen molar-refractivity contribution >= 4 is 58.0 Å². The third-order valence-electron chi connectivity index (χ3n) is 4.10. The SMILES string of the molecule is CC(Oc1ccccc1Cl)C(=O)Nc1ccc(NC(=O)c2ccc(Cl)cc2Cl)cc1. The lowest BCUT2D eigenvalue weighted by Crippen LogP contribution is -2.30. The smallest absolute Gasteiger partial charge is 0.265 e. The van der Waals surface area contributed by atoms with Gasteiger partial charge in [-0.15, -0.1) is 0 Å². The van der Waals surface area contributed by atoms with Crippen LogP contribution in [0, 0.1) is 0 Å². The zero-order valence-electron chi connectivity index (χ0n) is 15.8. The Labute approximate surface area is 188 Å². The first-order valence-corrected chi connectivity index (χ1v) is 10.1. The number of hydrogen-bond acceptors (Lipinski definition) is 3. The Morgan fingerprint density at radius 3 is 2.10 bits per heavy atom. The minimum absolute atomic E-state index is 0.261. The molecule has 154 valence electrons. The second kappa shape index (κ2) is 9.85. The number of para-hydroxylation sites is 1. The molecule has 30 heavy (non-hydrogen) atoms. The van der Waals surface area contributed by atoms with Crippen LogP contribution < -0.4 is 15.4 Å². The van der Waals surface area contributed by atoms with E-state index < -0.39 is 6.10 Å². The molecule has 0 radical (unpaired) electrons. The van der Waals surface area contributed by atoms with E-state index >= 15 is 0 Å². The molecule has 3 aromatic rings. The van der Waals surface area contributed by atoms with Gasteiger partial charge in [-0.05, 0) is 61.5 Å². The molecule has 0 aromatic heterocycles. The third kappa shape index (κ3) is 5.66.